The lowest BCUT2D eigenvalue weighted by molar-refractivity contribution is -0.125. The first-order chi connectivity index (χ1) is 15.1. The minimum Gasteiger partial charge on any atom is -0.493 e. The van der Waals surface area contributed by atoms with Crippen molar-refractivity contribution in [2.24, 2.45) is 5.92 Å². The Balaban J connectivity index is 1.35. The van der Waals surface area contributed by atoms with E-state index in [0.717, 1.165) is 36.5 Å². The number of rotatable bonds is 7. The minimum atomic E-state index is -0.116. The lowest BCUT2D eigenvalue weighted by Gasteiger charge is -2.31. The summed E-state index contributed by atoms with van der Waals surface area (Å²) in [6.07, 6.45) is 3.18. The second-order valence-corrected chi connectivity index (χ2v) is 8.64. The van der Waals surface area contributed by atoms with Crippen LogP contribution in [0.2, 0.25) is 0 Å². The number of ether oxygens (including phenoxy) is 2. The SMILES string of the molecule is COc1ccc(CNC(=O)C2CCCN(c3nnc(N4CCCC4=O)s3)C2)cc1OC. The van der Waals surface area contributed by atoms with Crippen molar-refractivity contribution < 1.29 is 19.1 Å². The zero-order valence-corrected chi connectivity index (χ0v) is 18.6. The molecule has 0 radical (unpaired) electrons. The highest BCUT2D eigenvalue weighted by molar-refractivity contribution is 7.19. The lowest BCUT2D eigenvalue weighted by Crippen LogP contribution is -2.43. The van der Waals surface area contributed by atoms with Gasteiger partial charge in [-0.2, -0.15) is 0 Å². The van der Waals surface area contributed by atoms with Crippen molar-refractivity contribution in [2.75, 3.05) is 43.7 Å². The summed E-state index contributed by atoms with van der Waals surface area (Å²) in [7, 11) is 3.19. The molecule has 1 N–H and O–H groups in total. The van der Waals surface area contributed by atoms with E-state index in [9.17, 15) is 9.59 Å². The Morgan fingerprint density at radius 2 is 1.97 bits per heavy atom. The molecule has 4 rings (SSSR count). The summed E-state index contributed by atoms with van der Waals surface area (Å²) in [6, 6.07) is 5.62. The number of aromatic nitrogens is 2. The topological polar surface area (TPSA) is 96.9 Å². The first kappa shape index (κ1) is 21.4. The number of anilines is 2. The molecule has 0 spiro atoms. The average Bonchev–Trinajstić information content (AvgIpc) is 3.46. The predicted octanol–water partition coefficient (Wildman–Crippen LogP) is 2.21. The van der Waals surface area contributed by atoms with Crippen molar-refractivity contribution in [3.63, 3.8) is 0 Å². The van der Waals surface area contributed by atoms with Crippen LogP contribution >= 0.6 is 11.3 Å². The summed E-state index contributed by atoms with van der Waals surface area (Å²) in [6.45, 7) is 2.56. The Morgan fingerprint density at radius 3 is 2.71 bits per heavy atom. The Hall–Kier alpha value is -2.88. The quantitative estimate of drug-likeness (QED) is 0.698. The molecule has 0 bridgehead atoms. The van der Waals surface area contributed by atoms with Gasteiger partial charge in [0.2, 0.25) is 22.1 Å². The summed E-state index contributed by atoms with van der Waals surface area (Å²) in [5, 5.41) is 13.0. The van der Waals surface area contributed by atoms with Crippen LogP contribution in [0.25, 0.3) is 0 Å². The molecule has 2 aromatic rings. The smallest absolute Gasteiger partial charge is 0.228 e. The maximum atomic E-state index is 12.8. The van der Waals surface area contributed by atoms with Crippen molar-refractivity contribution >= 4 is 33.4 Å². The molecule has 2 aliphatic heterocycles. The molecule has 1 aromatic carbocycles. The van der Waals surface area contributed by atoms with Gasteiger partial charge in [-0.05, 0) is 37.0 Å². The van der Waals surface area contributed by atoms with Gasteiger partial charge in [0.15, 0.2) is 11.5 Å². The third kappa shape index (κ3) is 4.73. The molecule has 2 amide bonds. The highest BCUT2D eigenvalue weighted by Gasteiger charge is 2.30. The van der Waals surface area contributed by atoms with E-state index >= 15 is 0 Å². The molecule has 0 saturated carbocycles. The van der Waals surface area contributed by atoms with E-state index in [2.05, 4.69) is 20.4 Å². The molecule has 31 heavy (non-hydrogen) atoms. The van der Waals surface area contributed by atoms with Crippen molar-refractivity contribution in [2.45, 2.75) is 32.2 Å². The zero-order valence-electron chi connectivity index (χ0n) is 17.8. The fourth-order valence-electron chi connectivity index (χ4n) is 3.98. The Labute approximate surface area is 185 Å². The molecule has 166 valence electrons. The number of carbonyl (C=O) groups is 2. The van der Waals surface area contributed by atoms with E-state index < -0.39 is 0 Å². The average molecular weight is 446 g/mol. The minimum absolute atomic E-state index is 0.0268. The van der Waals surface area contributed by atoms with Crippen LogP contribution in [0.15, 0.2) is 18.2 Å². The summed E-state index contributed by atoms with van der Waals surface area (Å²) in [4.78, 5) is 28.6. The number of nitrogens with one attached hydrogen (secondary N) is 1. The number of piperidine rings is 1. The van der Waals surface area contributed by atoms with E-state index in [1.54, 1.807) is 19.1 Å². The van der Waals surface area contributed by atoms with Crippen molar-refractivity contribution in [3.05, 3.63) is 23.8 Å². The first-order valence-corrected chi connectivity index (χ1v) is 11.3. The molecule has 2 fully saturated rings. The Morgan fingerprint density at radius 1 is 1.16 bits per heavy atom. The van der Waals surface area contributed by atoms with E-state index in [0.29, 0.717) is 42.7 Å². The number of carbonyl (C=O) groups excluding carboxylic acids is 2. The maximum absolute atomic E-state index is 12.8. The van der Waals surface area contributed by atoms with Gasteiger partial charge in [0.1, 0.15) is 0 Å². The Bertz CT molecular complexity index is 950. The molecular weight excluding hydrogens is 418 g/mol. The summed E-state index contributed by atoms with van der Waals surface area (Å²) in [5.74, 6) is 1.32. The second kappa shape index (κ2) is 9.51. The molecule has 3 heterocycles. The highest BCUT2D eigenvalue weighted by atomic mass is 32.1. The fourth-order valence-corrected chi connectivity index (χ4v) is 4.91. The van der Waals surface area contributed by atoms with Gasteiger partial charge in [-0.3, -0.25) is 14.5 Å². The third-order valence-electron chi connectivity index (χ3n) is 5.69. The molecule has 2 aliphatic rings. The van der Waals surface area contributed by atoms with E-state index in [1.807, 2.05) is 18.2 Å². The van der Waals surface area contributed by atoms with Crippen LogP contribution in [-0.2, 0) is 16.1 Å². The molecule has 10 heteroatoms. The number of hydrogen-bond donors (Lipinski definition) is 1. The van der Waals surface area contributed by atoms with Gasteiger partial charge in [-0.15, -0.1) is 10.2 Å². The number of methoxy groups -OCH3 is 2. The largest absolute Gasteiger partial charge is 0.493 e. The van der Waals surface area contributed by atoms with Gasteiger partial charge in [-0.1, -0.05) is 17.4 Å². The first-order valence-electron chi connectivity index (χ1n) is 10.5. The molecule has 1 unspecified atom stereocenters. The third-order valence-corrected chi connectivity index (χ3v) is 6.69. The van der Waals surface area contributed by atoms with Gasteiger partial charge < -0.3 is 19.7 Å². The molecule has 0 aliphatic carbocycles. The van der Waals surface area contributed by atoms with Gasteiger partial charge in [0.05, 0.1) is 20.1 Å². The van der Waals surface area contributed by atoms with Crippen LogP contribution in [0.4, 0.5) is 10.3 Å². The fraction of sp³-hybridized carbons (Fsp3) is 0.524. The van der Waals surface area contributed by atoms with Crippen LogP contribution in [0.5, 0.6) is 11.5 Å². The van der Waals surface area contributed by atoms with Gasteiger partial charge in [0, 0.05) is 32.6 Å². The van der Waals surface area contributed by atoms with Crippen molar-refractivity contribution in [1.29, 1.82) is 0 Å². The zero-order chi connectivity index (χ0) is 21.8. The van der Waals surface area contributed by atoms with Crippen LogP contribution in [0, 0.1) is 5.92 Å². The Kier molecular flexibility index (Phi) is 6.55. The second-order valence-electron chi connectivity index (χ2n) is 7.71. The van der Waals surface area contributed by atoms with Crippen molar-refractivity contribution in [1.82, 2.24) is 15.5 Å². The van der Waals surface area contributed by atoms with E-state index in [4.69, 9.17) is 9.47 Å². The van der Waals surface area contributed by atoms with Crippen molar-refractivity contribution in [3.8, 4) is 11.5 Å². The number of nitrogens with zero attached hydrogens (tertiary/aromatic N) is 4. The monoisotopic (exact) mass is 445 g/mol. The summed E-state index contributed by atoms with van der Waals surface area (Å²) in [5.41, 5.74) is 0.947. The van der Waals surface area contributed by atoms with Crippen LogP contribution in [0.3, 0.4) is 0 Å². The number of amides is 2. The summed E-state index contributed by atoms with van der Waals surface area (Å²) >= 11 is 1.42. The lowest BCUT2D eigenvalue weighted by atomic mass is 9.97. The molecule has 9 nitrogen and oxygen atoms in total. The van der Waals surface area contributed by atoms with Crippen LogP contribution in [0.1, 0.15) is 31.2 Å². The van der Waals surface area contributed by atoms with Gasteiger partial charge in [0.25, 0.3) is 0 Å². The van der Waals surface area contributed by atoms with Gasteiger partial charge >= 0.3 is 0 Å². The predicted molar refractivity (Wildman–Crippen MR) is 118 cm³/mol. The maximum Gasteiger partial charge on any atom is 0.228 e. The molecular formula is C21H27N5O4S. The standard InChI is InChI=1S/C21H27N5O4S/c1-29-16-8-7-14(11-17(16)30-2)12-22-19(28)15-5-3-9-25(13-15)20-23-24-21(31-20)26-10-4-6-18(26)27/h7-8,11,15H,3-6,9-10,12-13H2,1-2H3,(H,22,28). The van der Waals surface area contributed by atoms with Gasteiger partial charge in [-0.25, -0.2) is 0 Å². The van der Waals surface area contributed by atoms with E-state index in [-0.39, 0.29) is 17.7 Å². The molecule has 1 atom stereocenters. The highest BCUT2D eigenvalue weighted by Crippen LogP contribution is 2.32. The number of benzene rings is 1. The van der Waals surface area contributed by atoms with Crippen LogP contribution < -0.4 is 24.6 Å². The normalized spacial score (nSPS) is 18.9. The number of hydrogen-bond acceptors (Lipinski definition) is 8. The molecule has 2 saturated heterocycles. The van der Waals surface area contributed by atoms with Crippen LogP contribution in [-0.4, -0.2) is 55.9 Å². The summed E-state index contributed by atoms with van der Waals surface area (Å²) < 4.78 is 10.6. The molecule has 1 aromatic heterocycles. The van der Waals surface area contributed by atoms with E-state index in [1.165, 1.54) is 11.3 Å².